The molecule has 8 heteroatoms. The number of carbonyl (C=O) groups is 1. The molecular weight excluding hydrogens is 426 g/mol. The van der Waals surface area contributed by atoms with Crippen molar-refractivity contribution < 1.29 is 4.79 Å². The maximum absolute atomic E-state index is 12.6. The van der Waals surface area contributed by atoms with E-state index in [0.717, 1.165) is 15.7 Å². The molecule has 0 bridgehead atoms. The van der Waals surface area contributed by atoms with E-state index in [1.54, 1.807) is 16.9 Å². The van der Waals surface area contributed by atoms with Gasteiger partial charge in [0.05, 0.1) is 23.0 Å². The molecule has 0 unspecified atom stereocenters. The first-order valence-corrected chi connectivity index (χ1v) is 9.99. The first-order chi connectivity index (χ1) is 13.0. The van der Waals surface area contributed by atoms with Crippen molar-refractivity contribution in [2.45, 2.75) is 6.92 Å². The Morgan fingerprint density at radius 3 is 2.81 bits per heavy atom. The van der Waals surface area contributed by atoms with Crippen LogP contribution in [0.1, 0.15) is 21.5 Å². The number of nitriles is 1. The van der Waals surface area contributed by atoms with E-state index in [9.17, 15) is 10.1 Å². The molecule has 0 aliphatic heterocycles. The molecule has 136 valence electrons. The Labute approximate surface area is 169 Å². The highest BCUT2D eigenvalue weighted by molar-refractivity contribution is 9.10. The van der Waals surface area contributed by atoms with E-state index in [1.807, 2.05) is 43.5 Å². The van der Waals surface area contributed by atoms with Gasteiger partial charge in [-0.3, -0.25) is 4.79 Å². The Morgan fingerprint density at radius 1 is 1.30 bits per heavy atom. The minimum atomic E-state index is -0.276. The molecule has 27 heavy (non-hydrogen) atoms. The zero-order valence-corrected chi connectivity index (χ0v) is 17.1. The maximum Gasteiger partial charge on any atom is 0.258 e. The predicted molar refractivity (Wildman–Crippen MR) is 112 cm³/mol. The molecule has 0 aliphatic carbocycles. The number of aryl methyl sites for hydroxylation is 1. The summed E-state index contributed by atoms with van der Waals surface area (Å²) in [4.78, 5) is 12.6. The topological polar surface area (TPSA) is 82.7 Å². The highest BCUT2D eigenvalue weighted by atomic mass is 79.9. The zero-order chi connectivity index (χ0) is 19.4. The highest BCUT2D eigenvalue weighted by Crippen LogP contribution is 2.25. The minimum absolute atomic E-state index is 0.276. The summed E-state index contributed by atoms with van der Waals surface area (Å²) in [6, 6.07) is 13.2. The van der Waals surface area contributed by atoms with Gasteiger partial charge in [-0.1, -0.05) is 40.0 Å². The molecule has 1 amide bonds. The molecule has 2 N–H and O–H groups in total. The fourth-order valence-corrected chi connectivity index (χ4v) is 3.50. The molecule has 0 atom stereocenters. The lowest BCUT2D eigenvalue weighted by Gasteiger charge is -2.09. The molecule has 3 rings (SSSR count). The molecule has 0 radical (unpaired) electrons. The number of nitrogens with zero attached hydrogens (tertiary/aromatic N) is 3. The van der Waals surface area contributed by atoms with Gasteiger partial charge in [0, 0.05) is 28.3 Å². The Kier molecular flexibility index (Phi) is 5.84. The summed E-state index contributed by atoms with van der Waals surface area (Å²) < 4.78 is 5.55. The van der Waals surface area contributed by atoms with Gasteiger partial charge >= 0.3 is 0 Å². The Bertz CT molecular complexity index is 1040. The van der Waals surface area contributed by atoms with Gasteiger partial charge in [-0.2, -0.15) is 10.4 Å². The van der Waals surface area contributed by atoms with Gasteiger partial charge in [0.1, 0.15) is 6.07 Å². The summed E-state index contributed by atoms with van der Waals surface area (Å²) in [7, 11) is 0. The summed E-state index contributed by atoms with van der Waals surface area (Å²) in [5, 5.41) is 16.5. The fourth-order valence-electron chi connectivity index (χ4n) is 2.66. The van der Waals surface area contributed by atoms with Gasteiger partial charge in [0.25, 0.3) is 5.91 Å². The van der Waals surface area contributed by atoms with Crippen LogP contribution in [0.5, 0.6) is 0 Å². The predicted octanol–water partition coefficient (Wildman–Crippen LogP) is 4.76. The maximum atomic E-state index is 12.6. The number of nitrogens with one attached hydrogen (secondary N) is 2. The van der Waals surface area contributed by atoms with Gasteiger partial charge in [-0.15, -0.1) is 0 Å². The van der Waals surface area contributed by atoms with Crippen molar-refractivity contribution in [2.75, 3.05) is 16.3 Å². The molecule has 0 aliphatic rings. The van der Waals surface area contributed by atoms with Crippen LogP contribution >= 0.6 is 27.9 Å². The summed E-state index contributed by atoms with van der Waals surface area (Å²) in [6.45, 7) is 1.90. The SMILES string of the molecule is CSNc1cc(Br)cc(NC(=O)c2cnn(-c3c(C)cccc3C#N)c2)c1. The second-order valence-corrected chi connectivity index (χ2v) is 7.27. The van der Waals surface area contributed by atoms with E-state index in [4.69, 9.17) is 0 Å². The van der Waals surface area contributed by atoms with E-state index in [-0.39, 0.29) is 5.91 Å². The molecule has 0 saturated heterocycles. The van der Waals surface area contributed by atoms with Crippen molar-refractivity contribution in [1.82, 2.24) is 9.78 Å². The summed E-state index contributed by atoms with van der Waals surface area (Å²) >= 11 is 4.91. The van der Waals surface area contributed by atoms with Crippen LogP contribution in [0.2, 0.25) is 0 Å². The van der Waals surface area contributed by atoms with Gasteiger partial charge in [0.15, 0.2) is 0 Å². The molecule has 2 aromatic carbocycles. The molecule has 0 spiro atoms. The van der Waals surface area contributed by atoms with Crippen LogP contribution in [0, 0.1) is 18.3 Å². The largest absolute Gasteiger partial charge is 0.330 e. The average molecular weight is 442 g/mol. The van der Waals surface area contributed by atoms with E-state index in [1.165, 1.54) is 18.1 Å². The number of anilines is 2. The summed E-state index contributed by atoms with van der Waals surface area (Å²) in [5.74, 6) is -0.276. The normalized spacial score (nSPS) is 10.3. The summed E-state index contributed by atoms with van der Waals surface area (Å²) in [5.41, 5.74) is 4.02. The fraction of sp³-hybridized carbons (Fsp3) is 0.105. The molecule has 6 nitrogen and oxygen atoms in total. The van der Waals surface area contributed by atoms with Gasteiger partial charge < -0.3 is 10.0 Å². The second kappa shape index (κ2) is 8.29. The van der Waals surface area contributed by atoms with Crippen molar-refractivity contribution in [1.29, 1.82) is 5.26 Å². The number of amides is 1. The number of benzene rings is 2. The van der Waals surface area contributed by atoms with Crippen LogP contribution < -0.4 is 10.0 Å². The number of rotatable bonds is 5. The van der Waals surface area contributed by atoms with E-state index in [2.05, 4.69) is 37.1 Å². The van der Waals surface area contributed by atoms with Crippen molar-refractivity contribution >= 4 is 45.2 Å². The molecular formula is C19H16BrN5OS. The van der Waals surface area contributed by atoms with Crippen LogP contribution in [0.3, 0.4) is 0 Å². The number of carbonyl (C=O) groups excluding carboxylic acids is 1. The van der Waals surface area contributed by atoms with Gasteiger partial charge in [0.2, 0.25) is 0 Å². The van der Waals surface area contributed by atoms with Crippen molar-refractivity contribution in [3.63, 3.8) is 0 Å². The molecule has 0 saturated carbocycles. The lowest BCUT2D eigenvalue weighted by Crippen LogP contribution is -2.11. The van der Waals surface area contributed by atoms with Crippen molar-refractivity contribution in [3.05, 3.63) is 70.0 Å². The van der Waals surface area contributed by atoms with Crippen molar-refractivity contribution in [3.8, 4) is 11.8 Å². The monoisotopic (exact) mass is 441 g/mol. The van der Waals surface area contributed by atoms with E-state index < -0.39 is 0 Å². The average Bonchev–Trinajstić information content (AvgIpc) is 3.11. The third-order valence-corrected chi connectivity index (χ3v) is 4.71. The molecule has 3 aromatic rings. The van der Waals surface area contributed by atoms with E-state index in [0.29, 0.717) is 22.5 Å². The first kappa shape index (κ1) is 19.0. The van der Waals surface area contributed by atoms with Crippen molar-refractivity contribution in [2.24, 2.45) is 0 Å². The zero-order valence-electron chi connectivity index (χ0n) is 14.7. The Balaban J connectivity index is 1.86. The third kappa shape index (κ3) is 4.32. The Morgan fingerprint density at radius 2 is 2.07 bits per heavy atom. The lowest BCUT2D eigenvalue weighted by molar-refractivity contribution is 0.102. The number of hydrogen-bond donors (Lipinski definition) is 2. The van der Waals surface area contributed by atoms with Crippen LogP contribution in [-0.4, -0.2) is 21.9 Å². The number of aromatic nitrogens is 2. The summed E-state index contributed by atoms with van der Waals surface area (Å²) in [6.07, 6.45) is 5.04. The molecule has 0 fully saturated rings. The highest BCUT2D eigenvalue weighted by Gasteiger charge is 2.14. The lowest BCUT2D eigenvalue weighted by atomic mass is 10.1. The van der Waals surface area contributed by atoms with Gasteiger partial charge in [-0.05, 0) is 36.8 Å². The number of hydrogen-bond acceptors (Lipinski definition) is 5. The van der Waals surface area contributed by atoms with Crippen LogP contribution in [0.25, 0.3) is 5.69 Å². The van der Waals surface area contributed by atoms with Gasteiger partial charge in [-0.25, -0.2) is 4.68 Å². The number of para-hydroxylation sites is 1. The second-order valence-electron chi connectivity index (χ2n) is 5.75. The first-order valence-electron chi connectivity index (χ1n) is 7.97. The van der Waals surface area contributed by atoms with Crippen LogP contribution in [0.15, 0.2) is 53.3 Å². The van der Waals surface area contributed by atoms with Crippen LogP contribution in [0.4, 0.5) is 11.4 Å². The van der Waals surface area contributed by atoms with Crippen LogP contribution in [-0.2, 0) is 0 Å². The van der Waals surface area contributed by atoms with E-state index >= 15 is 0 Å². The quantitative estimate of drug-likeness (QED) is 0.557. The Hall–Kier alpha value is -2.76. The smallest absolute Gasteiger partial charge is 0.258 e. The molecule has 1 heterocycles. The number of halogens is 1. The third-order valence-electron chi connectivity index (χ3n) is 3.81. The minimum Gasteiger partial charge on any atom is -0.330 e. The standard InChI is InChI=1S/C19H16BrN5OS/c1-12-4-3-5-13(9-21)18(12)25-11-14(10-22-25)19(26)23-16-6-15(20)7-17(8-16)24-27-2/h3-8,10-11,24H,1-2H3,(H,23,26). The molecule has 1 aromatic heterocycles.